The summed E-state index contributed by atoms with van der Waals surface area (Å²) in [5, 5.41) is 11.0. The number of ether oxygens (including phenoxy) is 1. The van der Waals surface area contributed by atoms with Crippen molar-refractivity contribution in [1.82, 2.24) is 5.32 Å². The lowest BCUT2D eigenvalue weighted by molar-refractivity contribution is -0.139. The van der Waals surface area contributed by atoms with Gasteiger partial charge >= 0.3 is 5.97 Å². The maximum absolute atomic E-state index is 11.5. The van der Waals surface area contributed by atoms with Crippen molar-refractivity contribution in [2.24, 2.45) is 0 Å². The quantitative estimate of drug-likeness (QED) is 0.649. The Bertz CT molecular complexity index is 566. The SMILES string of the molecule is O=C(O)COc1ccc(/C=C2/SC(=S)NC2=O)cc1. The molecule has 0 aromatic heterocycles. The van der Waals surface area contributed by atoms with Crippen molar-refractivity contribution < 1.29 is 19.4 Å². The molecule has 2 rings (SSSR count). The molecule has 5 nitrogen and oxygen atoms in total. The predicted octanol–water partition coefficient (Wildman–Crippen LogP) is 1.64. The second-order valence-electron chi connectivity index (χ2n) is 3.60. The number of nitrogens with one attached hydrogen (secondary N) is 1. The van der Waals surface area contributed by atoms with Gasteiger partial charge in [0.2, 0.25) is 0 Å². The normalized spacial score (nSPS) is 16.5. The van der Waals surface area contributed by atoms with E-state index in [2.05, 4.69) is 5.32 Å². The van der Waals surface area contributed by atoms with Crippen LogP contribution in [0.25, 0.3) is 6.08 Å². The van der Waals surface area contributed by atoms with Crippen molar-refractivity contribution in [3.8, 4) is 5.75 Å². The van der Waals surface area contributed by atoms with Crippen LogP contribution < -0.4 is 10.1 Å². The molecule has 7 heteroatoms. The molecule has 1 heterocycles. The van der Waals surface area contributed by atoms with Gasteiger partial charge in [0.1, 0.15) is 10.1 Å². The van der Waals surface area contributed by atoms with E-state index < -0.39 is 5.97 Å². The first kappa shape index (κ1) is 13.6. The van der Waals surface area contributed by atoms with Crippen molar-refractivity contribution in [2.75, 3.05) is 6.61 Å². The van der Waals surface area contributed by atoms with Gasteiger partial charge in [-0.1, -0.05) is 36.1 Å². The van der Waals surface area contributed by atoms with Crippen molar-refractivity contribution >= 4 is 46.3 Å². The second-order valence-corrected chi connectivity index (χ2v) is 5.32. The molecule has 0 spiro atoms. The fourth-order valence-electron chi connectivity index (χ4n) is 1.38. The second kappa shape index (κ2) is 5.85. The zero-order chi connectivity index (χ0) is 13.8. The number of thioether (sulfide) groups is 1. The Morgan fingerprint density at radius 1 is 1.42 bits per heavy atom. The van der Waals surface area contributed by atoms with E-state index in [1.807, 2.05) is 0 Å². The first-order valence-corrected chi connectivity index (χ1v) is 6.46. The van der Waals surface area contributed by atoms with Crippen LogP contribution in [-0.2, 0) is 9.59 Å². The van der Waals surface area contributed by atoms with E-state index in [1.165, 1.54) is 11.8 Å². The number of aliphatic carboxylic acids is 1. The highest BCUT2D eigenvalue weighted by molar-refractivity contribution is 8.26. The average Bonchev–Trinajstić information content (AvgIpc) is 2.67. The van der Waals surface area contributed by atoms with Crippen LogP contribution in [-0.4, -0.2) is 27.9 Å². The van der Waals surface area contributed by atoms with E-state index in [0.29, 0.717) is 15.0 Å². The number of thiocarbonyl (C=S) groups is 1. The molecular weight excluding hydrogens is 286 g/mol. The monoisotopic (exact) mass is 295 g/mol. The number of carboxylic acid groups (broad SMARTS) is 1. The molecule has 0 saturated carbocycles. The van der Waals surface area contributed by atoms with Crippen LogP contribution >= 0.6 is 24.0 Å². The van der Waals surface area contributed by atoms with Crippen molar-refractivity contribution in [3.63, 3.8) is 0 Å². The molecule has 0 atom stereocenters. The van der Waals surface area contributed by atoms with Gasteiger partial charge in [-0.15, -0.1) is 0 Å². The Morgan fingerprint density at radius 2 is 2.11 bits per heavy atom. The Kier molecular flexibility index (Phi) is 4.18. The third-order valence-corrected chi connectivity index (χ3v) is 3.34. The summed E-state index contributed by atoms with van der Waals surface area (Å²) >= 11 is 6.09. The van der Waals surface area contributed by atoms with Gasteiger partial charge in [0.05, 0.1) is 4.91 Å². The Morgan fingerprint density at radius 3 is 2.63 bits per heavy atom. The molecule has 19 heavy (non-hydrogen) atoms. The van der Waals surface area contributed by atoms with Gasteiger partial charge in [-0.25, -0.2) is 4.79 Å². The average molecular weight is 295 g/mol. The van der Waals surface area contributed by atoms with Gasteiger partial charge in [0.15, 0.2) is 6.61 Å². The maximum atomic E-state index is 11.5. The molecule has 0 radical (unpaired) electrons. The summed E-state index contributed by atoms with van der Waals surface area (Å²) in [6.07, 6.45) is 1.71. The van der Waals surface area contributed by atoms with Gasteiger partial charge in [0.25, 0.3) is 5.91 Å². The van der Waals surface area contributed by atoms with Crippen LogP contribution in [0.5, 0.6) is 5.75 Å². The summed E-state index contributed by atoms with van der Waals surface area (Å²) in [4.78, 5) is 22.3. The number of carboxylic acids is 1. The number of rotatable bonds is 4. The largest absolute Gasteiger partial charge is 0.482 e. The topological polar surface area (TPSA) is 75.6 Å². The minimum Gasteiger partial charge on any atom is -0.482 e. The molecule has 0 unspecified atom stereocenters. The predicted molar refractivity (Wildman–Crippen MR) is 75.9 cm³/mol. The van der Waals surface area contributed by atoms with Crippen LogP contribution in [0.3, 0.4) is 0 Å². The molecular formula is C12H9NO4S2. The lowest BCUT2D eigenvalue weighted by Gasteiger charge is -2.03. The molecule has 1 amide bonds. The van der Waals surface area contributed by atoms with Crippen LogP contribution in [0.1, 0.15) is 5.56 Å². The van der Waals surface area contributed by atoms with Crippen molar-refractivity contribution in [1.29, 1.82) is 0 Å². The molecule has 1 aliphatic rings. The van der Waals surface area contributed by atoms with E-state index in [0.717, 1.165) is 5.56 Å². The number of hydrogen-bond acceptors (Lipinski definition) is 5. The fraction of sp³-hybridized carbons (Fsp3) is 0.0833. The van der Waals surface area contributed by atoms with Crippen molar-refractivity contribution in [3.05, 3.63) is 34.7 Å². The molecule has 1 fully saturated rings. The molecule has 1 aliphatic heterocycles. The minimum atomic E-state index is -1.03. The zero-order valence-corrected chi connectivity index (χ0v) is 11.2. The van der Waals surface area contributed by atoms with Gasteiger partial charge in [-0.2, -0.15) is 0 Å². The third-order valence-electron chi connectivity index (χ3n) is 2.18. The zero-order valence-electron chi connectivity index (χ0n) is 9.58. The lowest BCUT2D eigenvalue weighted by atomic mass is 10.2. The van der Waals surface area contributed by atoms with Crippen LogP contribution in [0.15, 0.2) is 29.2 Å². The highest BCUT2D eigenvalue weighted by Gasteiger charge is 2.21. The standard InChI is InChI=1S/C12H9NO4S2/c14-10(15)6-17-8-3-1-7(2-4-8)5-9-11(16)13-12(18)19-9/h1-5H,6H2,(H,14,15)(H,13,16,18)/b9-5+. The van der Waals surface area contributed by atoms with E-state index in [9.17, 15) is 9.59 Å². The minimum absolute atomic E-state index is 0.207. The summed E-state index contributed by atoms with van der Waals surface area (Å²) in [6, 6.07) is 6.76. The van der Waals surface area contributed by atoms with Gasteiger partial charge in [-0.05, 0) is 23.8 Å². The van der Waals surface area contributed by atoms with Gasteiger partial charge in [0, 0.05) is 0 Å². The Hall–Kier alpha value is -1.86. The highest BCUT2D eigenvalue weighted by Crippen LogP contribution is 2.26. The summed E-state index contributed by atoms with van der Waals surface area (Å²) < 4.78 is 5.45. The molecule has 0 aliphatic carbocycles. The molecule has 2 N–H and O–H groups in total. The molecule has 0 bridgehead atoms. The van der Waals surface area contributed by atoms with Crippen LogP contribution in [0.2, 0.25) is 0 Å². The highest BCUT2D eigenvalue weighted by atomic mass is 32.2. The van der Waals surface area contributed by atoms with E-state index in [1.54, 1.807) is 30.3 Å². The van der Waals surface area contributed by atoms with Crippen molar-refractivity contribution in [2.45, 2.75) is 0 Å². The van der Waals surface area contributed by atoms with Gasteiger partial charge in [-0.3, -0.25) is 4.79 Å². The summed E-state index contributed by atoms with van der Waals surface area (Å²) in [5.74, 6) is -0.775. The Balaban J connectivity index is 2.06. The Labute approximate surface area is 118 Å². The van der Waals surface area contributed by atoms with Gasteiger partial charge < -0.3 is 15.2 Å². The number of carbonyl (C=O) groups is 2. The third kappa shape index (κ3) is 3.80. The summed E-state index contributed by atoms with van der Waals surface area (Å²) in [6.45, 7) is -0.382. The smallest absolute Gasteiger partial charge is 0.341 e. The molecule has 1 aromatic carbocycles. The summed E-state index contributed by atoms with van der Waals surface area (Å²) in [5.41, 5.74) is 0.810. The van der Waals surface area contributed by atoms with Crippen LogP contribution in [0, 0.1) is 0 Å². The lowest BCUT2D eigenvalue weighted by Crippen LogP contribution is -2.17. The molecule has 1 aromatic rings. The summed E-state index contributed by atoms with van der Waals surface area (Å²) in [7, 11) is 0. The molecule has 1 saturated heterocycles. The number of benzene rings is 1. The number of carbonyl (C=O) groups excluding carboxylic acids is 1. The van der Waals surface area contributed by atoms with E-state index in [4.69, 9.17) is 22.1 Å². The van der Waals surface area contributed by atoms with E-state index >= 15 is 0 Å². The number of hydrogen-bond donors (Lipinski definition) is 2. The molecule has 98 valence electrons. The first-order valence-electron chi connectivity index (χ1n) is 5.24. The first-order chi connectivity index (χ1) is 9.04. The number of amides is 1. The fourth-order valence-corrected chi connectivity index (χ4v) is 2.42. The maximum Gasteiger partial charge on any atom is 0.341 e. The van der Waals surface area contributed by atoms with E-state index in [-0.39, 0.29) is 12.5 Å². The van der Waals surface area contributed by atoms with Crippen LogP contribution in [0.4, 0.5) is 0 Å².